The van der Waals surface area contributed by atoms with Crippen molar-refractivity contribution in [3.63, 3.8) is 0 Å². The Hall–Kier alpha value is -2.75. The lowest BCUT2D eigenvalue weighted by atomic mass is 9.88. The predicted molar refractivity (Wildman–Crippen MR) is 133 cm³/mol. The molecule has 0 unspecified atom stereocenters. The minimum absolute atomic E-state index is 0.00313. The van der Waals surface area contributed by atoms with E-state index in [0.717, 1.165) is 0 Å². The molecule has 0 saturated carbocycles. The summed E-state index contributed by atoms with van der Waals surface area (Å²) in [5.41, 5.74) is 0.0384. The maximum absolute atomic E-state index is 13.9. The van der Waals surface area contributed by atoms with E-state index >= 15 is 0 Å². The highest BCUT2D eigenvalue weighted by atomic mass is 16.6. The van der Waals surface area contributed by atoms with Crippen LogP contribution in [0.25, 0.3) is 22.3 Å². The summed E-state index contributed by atoms with van der Waals surface area (Å²) < 4.78 is 17.5. The van der Waals surface area contributed by atoms with E-state index in [9.17, 15) is 45.6 Å². The van der Waals surface area contributed by atoms with Crippen LogP contribution in [0.5, 0.6) is 0 Å². The maximum atomic E-state index is 13.9. The second-order valence-electron chi connectivity index (χ2n) is 9.79. The molecule has 1 aromatic heterocycles. The molecule has 3 aromatic rings. The van der Waals surface area contributed by atoms with Crippen molar-refractivity contribution < 1.29 is 54.7 Å². The summed E-state index contributed by atoms with van der Waals surface area (Å²) in [6, 6.07) is 12.7. The monoisotopic (exact) mass is 546 g/mol. The largest absolute Gasteiger partial charge is 0.455 e. The fraction of sp³-hybridized carbons (Fsp3) is 0.444. The SMILES string of the molecule is O=c1c([C@@H]2O[C@H](CO)[C@@H](O)[C@H](O)[C@H]2O)c(-c2ccccc2)oc2cc([C@@H]3O[C@H](CO)[C@@H](O)[C@H](O)[C@H]3O)ccc12. The van der Waals surface area contributed by atoms with Gasteiger partial charge < -0.3 is 54.7 Å². The highest BCUT2D eigenvalue weighted by Gasteiger charge is 2.47. The van der Waals surface area contributed by atoms with Gasteiger partial charge in [0.15, 0.2) is 5.43 Å². The van der Waals surface area contributed by atoms with Crippen LogP contribution in [0.4, 0.5) is 0 Å². The van der Waals surface area contributed by atoms with E-state index in [1.54, 1.807) is 30.3 Å². The average molecular weight is 547 g/mol. The zero-order valence-corrected chi connectivity index (χ0v) is 20.5. The second-order valence-corrected chi connectivity index (χ2v) is 9.79. The molecule has 5 rings (SSSR count). The van der Waals surface area contributed by atoms with E-state index in [0.29, 0.717) is 11.1 Å². The molecule has 10 atom stereocenters. The Balaban J connectivity index is 1.66. The zero-order chi connectivity index (χ0) is 28.0. The van der Waals surface area contributed by atoms with Gasteiger partial charge in [-0.15, -0.1) is 0 Å². The van der Waals surface area contributed by atoms with E-state index in [2.05, 4.69) is 0 Å². The quantitative estimate of drug-likeness (QED) is 0.184. The number of hydrogen-bond donors (Lipinski definition) is 8. The summed E-state index contributed by atoms with van der Waals surface area (Å²) in [7, 11) is 0. The van der Waals surface area contributed by atoms with Crippen molar-refractivity contribution in [1.29, 1.82) is 0 Å². The summed E-state index contributed by atoms with van der Waals surface area (Å²) >= 11 is 0. The van der Waals surface area contributed by atoms with Crippen LogP contribution in [-0.4, -0.2) is 103 Å². The molecule has 0 radical (unpaired) electrons. The summed E-state index contributed by atoms with van der Waals surface area (Å²) in [5, 5.41) is 81.4. The van der Waals surface area contributed by atoms with Crippen LogP contribution in [0.1, 0.15) is 23.3 Å². The molecule has 0 bridgehead atoms. The van der Waals surface area contributed by atoms with E-state index in [-0.39, 0.29) is 22.3 Å². The molecule has 3 heterocycles. The van der Waals surface area contributed by atoms with Crippen LogP contribution in [-0.2, 0) is 9.47 Å². The highest BCUT2D eigenvalue weighted by Crippen LogP contribution is 2.39. The van der Waals surface area contributed by atoms with Crippen molar-refractivity contribution in [1.82, 2.24) is 0 Å². The van der Waals surface area contributed by atoms with Crippen molar-refractivity contribution in [3.8, 4) is 11.3 Å². The first-order valence-corrected chi connectivity index (χ1v) is 12.4. The van der Waals surface area contributed by atoms with Gasteiger partial charge >= 0.3 is 0 Å². The number of hydrogen-bond acceptors (Lipinski definition) is 12. The highest BCUT2D eigenvalue weighted by molar-refractivity contribution is 5.81. The molecule has 12 heteroatoms. The van der Waals surface area contributed by atoms with E-state index in [4.69, 9.17) is 13.9 Å². The summed E-state index contributed by atoms with van der Waals surface area (Å²) in [6.45, 7) is -1.28. The molecular weight excluding hydrogens is 516 g/mol. The minimum Gasteiger partial charge on any atom is -0.455 e. The van der Waals surface area contributed by atoms with Crippen molar-refractivity contribution in [2.24, 2.45) is 0 Å². The first-order valence-electron chi connectivity index (χ1n) is 12.4. The molecule has 2 saturated heterocycles. The van der Waals surface area contributed by atoms with Crippen LogP contribution in [0, 0.1) is 0 Å². The van der Waals surface area contributed by atoms with Crippen molar-refractivity contribution in [2.45, 2.75) is 61.0 Å². The Kier molecular flexibility index (Phi) is 7.86. The van der Waals surface area contributed by atoms with Gasteiger partial charge in [0.25, 0.3) is 0 Å². The fourth-order valence-corrected chi connectivity index (χ4v) is 5.18. The van der Waals surface area contributed by atoms with Crippen LogP contribution >= 0.6 is 0 Å². The van der Waals surface area contributed by atoms with Gasteiger partial charge in [-0.3, -0.25) is 4.79 Å². The van der Waals surface area contributed by atoms with Crippen LogP contribution < -0.4 is 5.43 Å². The lowest BCUT2D eigenvalue weighted by Gasteiger charge is -2.40. The third-order valence-corrected chi connectivity index (χ3v) is 7.39. The van der Waals surface area contributed by atoms with E-state index < -0.39 is 79.7 Å². The van der Waals surface area contributed by atoms with Crippen LogP contribution in [0.2, 0.25) is 0 Å². The Morgan fingerprint density at radius 2 is 1.23 bits per heavy atom. The lowest BCUT2D eigenvalue weighted by molar-refractivity contribution is -0.232. The number of fused-ring (bicyclic) bond motifs is 1. The van der Waals surface area contributed by atoms with Gasteiger partial charge in [-0.2, -0.15) is 0 Å². The molecule has 210 valence electrons. The van der Waals surface area contributed by atoms with Crippen molar-refractivity contribution in [3.05, 3.63) is 69.9 Å². The molecule has 39 heavy (non-hydrogen) atoms. The summed E-state index contributed by atoms with van der Waals surface area (Å²) in [4.78, 5) is 13.9. The van der Waals surface area contributed by atoms with Gasteiger partial charge in [0.05, 0.1) is 24.2 Å². The number of ether oxygens (including phenoxy) is 2. The standard InChI is InChI=1S/C27H30O12/c28-9-15-19(31)21(33)23(35)26(38-15)12-6-7-13-14(8-12)37-25(11-4-2-1-3-5-11)17(18(13)30)27-24(36)22(34)20(32)16(10-29)39-27/h1-8,15-16,19-24,26-29,31-36H,9-10H2/t15-,16-,19-,20-,21+,22+,23-,24-,26+,27+/m1/s1. The van der Waals surface area contributed by atoms with Gasteiger partial charge in [-0.05, 0) is 17.7 Å². The number of benzene rings is 2. The molecule has 0 aliphatic carbocycles. The third kappa shape index (κ3) is 4.78. The molecule has 0 amide bonds. The molecule has 8 N–H and O–H groups in total. The van der Waals surface area contributed by atoms with Gasteiger partial charge in [-0.1, -0.05) is 36.4 Å². The molecule has 2 aromatic carbocycles. The van der Waals surface area contributed by atoms with Gasteiger partial charge in [0, 0.05) is 5.56 Å². The minimum atomic E-state index is -1.72. The van der Waals surface area contributed by atoms with E-state index in [1.807, 2.05) is 0 Å². The van der Waals surface area contributed by atoms with Gasteiger partial charge in [0.1, 0.15) is 72.4 Å². The Labute approximate surface area is 221 Å². The van der Waals surface area contributed by atoms with Crippen molar-refractivity contribution >= 4 is 11.0 Å². The molecule has 0 spiro atoms. The second kappa shape index (κ2) is 11.0. The Bertz CT molecular complexity index is 1360. The fourth-order valence-electron chi connectivity index (χ4n) is 5.18. The molecule has 12 nitrogen and oxygen atoms in total. The predicted octanol–water partition coefficient (Wildman–Crippen LogP) is -1.51. The smallest absolute Gasteiger partial charge is 0.199 e. The van der Waals surface area contributed by atoms with E-state index in [1.165, 1.54) is 18.2 Å². The number of aliphatic hydroxyl groups excluding tert-OH is 8. The average Bonchev–Trinajstić information content (AvgIpc) is 2.95. The Morgan fingerprint density at radius 3 is 1.82 bits per heavy atom. The Morgan fingerprint density at radius 1 is 0.667 bits per heavy atom. The molecular formula is C27H30O12. The zero-order valence-electron chi connectivity index (χ0n) is 20.5. The third-order valence-electron chi connectivity index (χ3n) is 7.39. The van der Waals surface area contributed by atoms with Crippen LogP contribution in [0.15, 0.2) is 57.7 Å². The normalized spacial score (nSPS) is 35.3. The molecule has 2 fully saturated rings. The first kappa shape index (κ1) is 27.8. The number of rotatable bonds is 5. The summed E-state index contributed by atoms with van der Waals surface area (Å²) in [6.07, 6.45) is -14.7. The maximum Gasteiger partial charge on any atom is 0.199 e. The number of aliphatic hydroxyl groups is 8. The van der Waals surface area contributed by atoms with Crippen LogP contribution in [0.3, 0.4) is 0 Å². The topological polar surface area (TPSA) is 211 Å². The van der Waals surface area contributed by atoms with Crippen molar-refractivity contribution in [2.75, 3.05) is 13.2 Å². The summed E-state index contributed by atoms with van der Waals surface area (Å²) in [5.74, 6) is 0.00313. The van der Waals surface area contributed by atoms with Gasteiger partial charge in [-0.25, -0.2) is 0 Å². The molecule has 2 aliphatic heterocycles. The lowest BCUT2D eigenvalue weighted by Crippen LogP contribution is -2.55. The van der Waals surface area contributed by atoms with Gasteiger partial charge in [0.2, 0.25) is 0 Å². The first-order chi connectivity index (χ1) is 18.7. The molecule has 2 aliphatic rings.